The van der Waals surface area contributed by atoms with E-state index in [1.807, 2.05) is 13.8 Å². The van der Waals surface area contributed by atoms with Crippen molar-refractivity contribution < 1.29 is 14.0 Å². The van der Waals surface area contributed by atoms with Crippen molar-refractivity contribution in [3.63, 3.8) is 0 Å². The first kappa shape index (κ1) is 27.5. The highest BCUT2D eigenvalue weighted by molar-refractivity contribution is 5.85. The summed E-state index contributed by atoms with van der Waals surface area (Å²) in [6.07, 6.45) is 3.51. The van der Waals surface area contributed by atoms with Crippen LogP contribution in [0, 0.1) is 25.1 Å². The van der Waals surface area contributed by atoms with Crippen LogP contribution in [0.25, 0.3) is 11.1 Å². The fraction of sp³-hybridized carbons (Fsp3) is 0.406. The minimum absolute atomic E-state index is 0.0363. The Hall–Kier alpha value is -3.54. The van der Waals surface area contributed by atoms with E-state index in [9.17, 15) is 14.0 Å². The topological polar surface area (TPSA) is 53.5 Å². The number of nitrogens with zero attached hydrogens (tertiary/aromatic N) is 3. The lowest BCUT2D eigenvalue weighted by Gasteiger charge is -2.40. The minimum Gasteiger partial charge on any atom is -0.371 e. The van der Waals surface area contributed by atoms with E-state index in [1.54, 1.807) is 24.0 Å². The molecule has 6 heteroatoms. The summed E-state index contributed by atoms with van der Waals surface area (Å²) in [5, 5.41) is 0. The molecule has 4 rings (SSSR count). The lowest BCUT2D eigenvalue weighted by molar-refractivity contribution is -0.130. The maximum Gasteiger partial charge on any atom is 0.220 e. The molecule has 1 aliphatic heterocycles. The molecule has 1 aromatic heterocycles. The first-order chi connectivity index (χ1) is 18.1. The molecular formula is C32H38FN3O2. The van der Waals surface area contributed by atoms with E-state index >= 15 is 0 Å². The molecule has 3 aromatic rings. The summed E-state index contributed by atoms with van der Waals surface area (Å²) < 4.78 is 13.3. The second kappa shape index (κ2) is 11.5. The molecule has 0 spiro atoms. The number of halogens is 1. The Morgan fingerprint density at radius 2 is 1.53 bits per heavy atom. The van der Waals surface area contributed by atoms with Crippen LogP contribution < -0.4 is 4.90 Å². The number of aldehydes is 1. The van der Waals surface area contributed by atoms with E-state index in [0.29, 0.717) is 24.9 Å². The third-order valence-corrected chi connectivity index (χ3v) is 7.73. The Morgan fingerprint density at radius 3 is 2.05 bits per heavy atom. The number of anilines is 1. The van der Waals surface area contributed by atoms with Gasteiger partial charge in [0, 0.05) is 62.0 Å². The molecule has 38 heavy (non-hydrogen) atoms. The van der Waals surface area contributed by atoms with Crippen LogP contribution in [-0.4, -0.2) is 35.2 Å². The molecule has 0 unspecified atom stereocenters. The third-order valence-electron chi connectivity index (χ3n) is 7.73. The SMILES string of the molecule is CC(=O)N(Cc1ccc(F)cc1)Cc1ccc(-c2c(C)nc(C)c(CC=O)c2N2CCC(C)(C)CC2)cc1. The standard InChI is InChI=1S/C32H38FN3O2/c1-22-29(14-19-37)31(35-17-15-32(4,5)16-18-35)30(23(2)34-22)27-10-6-25(7-11-27)20-36(24(3)38)21-26-8-12-28(33)13-9-26/h6-13,19H,14-18,20-21H2,1-5H3. The van der Waals surface area contributed by atoms with Gasteiger partial charge in [0.15, 0.2) is 0 Å². The molecular weight excluding hydrogens is 477 g/mol. The average molecular weight is 516 g/mol. The number of hydrogen-bond acceptors (Lipinski definition) is 4. The summed E-state index contributed by atoms with van der Waals surface area (Å²) in [6, 6.07) is 14.5. The number of aryl methyl sites for hydroxylation is 2. The fourth-order valence-corrected chi connectivity index (χ4v) is 5.31. The number of hydrogen-bond donors (Lipinski definition) is 0. The average Bonchev–Trinajstić information content (AvgIpc) is 2.87. The van der Waals surface area contributed by atoms with Crippen LogP contribution in [0.5, 0.6) is 0 Å². The Balaban J connectivity index is 1.65. The van der Waals surface area contributed by atoms with Gasteiger partial charge in [-0.3, -0.25) is 9.78 Å². The maximum atomic E-state index is 13.3. The molecule has 2 heterocycles. The van der Waals surface area contributed by atoms with E-state index < -0.39 is 0 Å². The number of carbonyl (C=O) groups is 2. The van der Waals surface area contributed by atoms with Crippen LogP contribution >= 0.6 is 0 Å². The predicted octanol–water partition coefficient (Wildman–Crippen LogP) is 6.42. The summed E-state index contributed by atoms with van der Waals surface area (Å²) in [6.45, 7) is 13.0. The number of carbonyl (C=O) groups excluding carboxylic acids is 2. The number of pyridine rings is 1. The van der Waals surface area contributed by atoms with Gasteiger partial charge in [-0.05, 0) is 60.9 Å². The summed E-state index contributed by atoms with van der Waals surface area (Å²) in [4.78, 5) is 33.0. The van der Waals surface area contributed by atoms with Crippen molar-refractivity contribution in [3.8, 4) is 11.1 Å². The summed E-state index contributed by atoms with van der Waals surface area (Å²) in [7, 11) is 0. The molecule has 0 bridgehead atoms. The van der Waals surface area contributed by atoms with E-state index in [4.69, 9.17) is 4.98 Å². The highest BCUT2D eigenvalue weighted by atomic mass is 19.1. The Morgan fingerprint density at radius 1 is 0.974 bits per heavy atom. The molecule has 0 saturated carbocycles. The van der Waals surface area contributed by atoms with Gasteiger partial charge in [-0.15, -0.1) is 0 Å². The van der Waals surface area contributed by atoms with Gasteiger partial charge in [0.1, 0.15) is 12.1 Å². The lowest BCUT2D eigenvalue weighted by Crippen LogP contribution is -2.38. The minimum atomic E-state index is -0.288. The van der Waals surface area contributed by atoms with Crippen molar-refractivity contribution in [1.29, 1.82) is 0 Å². The van der Waals surface area contributed by atoms with Gasteiger partial charge in [0.05, 0.1) is 5.69 Å². The van der Waals surface area contributed by atoms with Gasteiger partial charge < -0.3 is 14.6 Å². The van der Waals surface area contributed by atoms with Crippen molar-refractivity contribution >= 4 is 17.9 Å². The van der Waals surface area contributed by atoms with Gasteiger partial charge in [0.25, 0.3) is 0 Å². The molecule has 0 atom stereocenters. The Labute approximate surface area is 225 Å². The van der Waals surface area contributed by atoms with E-state index in [0.717, 1.165) is 77.1 Å². The Bertz CT molecular complexity index is 1290. The first-order valence-corrected chi connectivity index (χ1v) is 13.4. The number of amides is 1. The van der Waals surface area contributed by atoms with Gasteiger partial charge in [-0.1, -0.05) is 50.2 Å². The Kier molecular flexibility index (Phi) is 8.29. The van der Waals surface area contributed by atoms with Crippen LogP contribution in [0.4, 0.5) is 10.1 Å². The normalized spacial score (nSPS) is 14.8. The van der Waals surface area contributed by atoms with Crippen LogP contribution in [0.2, 0.25) is 0 Å². The largest absolute Gasteiger partial charge is 0.371 e. The van der Waals surface area contributed by atoms with Crippen LogP contribution in [0.15, 0.2) is 48.5 Å². The van der Waals surface area contributed by atoms with Crippen LogP contribution in [0.3, 0.4) is 0 Å². The van der Waals surface area contributed by atoms with Gasteiger partial charge in [-0.25, -0.2) is 4.39 Å². The second-order valence-corrected chi connectivity index (χ2v) is 11.2. The van der Waals surface area contributed by atoms with Crippen molar-refractivity contribution in [2.75, 3.05) is 18.0 Å². The van der Waals surface area contributed by atoms with Gasteiger partial charge in [-0.2, -0.15) is 0 Å². The molecule has 5 nitrogen and oxygen atoms in total. The number of rotatable bonds is 8. The molecule has 1 fully saturated rings. The molecule has 1 aliphatic rings. The molecule has 2 aromatic carbocycles. The van der Waals surface area contributed by atoms with Crippen molar-refractivity contribution in [2.24, 2.45) is 5.41 Å². The lowest BCUT2D eigenvalue weighted by atomic mass is 9.82. The number of aromatic nitrogens is 1. The highest BCUT2D eigenvalue weighted by Gasteiger charge is 2.29. The molecule has 1 saturated heterocycles. The van der Waals surface area contributed by atoms with E-state index in [2.05, 4.69) is 43.0 Å². The summed E-state index contributed by atoms with van der Waals surface area (Å²) in [5.41, 5.74) is 8.34. The molecule has 0 N–H and O–H groups in total. The number of piperidine rings is 1. The number of benzene rings is 2. The molecule has 0 aliphatic carbocycles. The van der Waals surface area contributed by atoms with Crippen LogP contribution in [-0.2, 0) is 29.1 Å². The fourth-order valence-electron chi connectivity index (χ4n) is 5.31. The summed E-state index contributed by atoms with van der Waals surface area (Å²) >= 11 is 0. The zero-order valence-corrected chi connectivity index (χ0v) is 23.2. The molecule has 0 radical (unpaired) electrons. The third kappa shape index (κ3) is 6.29. The molecule has 1 amide bonds. The van der Waals surface area contributed by atoms with Gasteiger partial charge >= 0.3 is 0 Å². The second-order valence-electron chi connectivity index (χ2n) is 11.2. The zero-order valence-electron chi connectivity index (χ0n) is 23.2. The van der Waals surface area contributed by atoms with Crippen LogP contribution in [0.1, 0.15) is 61.7 Å². The predicted molar refractivity (Wildman–Crippen MR) is 150 cm³/mol. The quantitative estimate of drug-likeness (QED) is 0.325. The monoisotopic (exact) mass is 515 g/mol. The van der Waals surface area contributed by atoms with E-state index in [1.165, 1.54) is 12.1 Å². The van der Waals surface area contributed by atoms with Crippen molar-refractivity contribution in [2.45, 2.75) is 67.0 Å². The maximum absolute atomic E-state index is 13.3. The first-order valence-electron chi connectivity index (χ1n) is 13.4. The smallest absolute Gasteiger partial charge is 0.220 e. The van der Waals surface area contributed by atoms with Gasteiger partial charge in [0.2, 0.25) is 5.91 Å². The van der Waals surface area contributed by atoms with Crippen molar-refractivity contribution in [3.05, 3.63) is 82.4 Å². The molecule has 200 valence electrons. The van der Waals surface area contributed by atoms with E-state index in [-0.39, 0.29) is 11.7 Å². The van der Waals surface area contributed by atoms with Crippen molar-refractivity contribution in [1.82, 2.24) is 9.88 Å². The highest BCUT2D eigenvalue weighted by Crippen LogP contribution is 2.41. The zero-order chi connectivity index (χ0) is 27.4. The summed E-state index contributed by atoms with van der Waals surface area (Å²) in [5.74, 6) is -0.325.